The Hall–Kier alpha value is -1.09. The monoisotopic (exact) mass is 312 g/mol. The van der Waals surface area contributed by atoms with Crippen LogP contribution in [0.1, 0.15) is 24.2 Å². The van der Waals surface area contributed by atoms with E-state index in [1.54, 1.807) is 13.8 Å². The van der Waals surface area contributed by atoms with Crippen molar-refractivity contribution >= 4 is 28.4 Å². The average Bonchev–Trinajstić information content (AvgIpc) is 2.76. The van der Waals surface area contributed by atoms with Crippen LogP contribution in [0.25, 0.3) is 0 Å². The number of nitrogens with two attached hydrogens (primary N) is 1. The predicted molar refractivity (Wildman–Crippen MR) is 70.8 cm³/mol. The molecule has 0 amide bonds. The van der Waals surface area contributed by atoms with Gasteiger partial charge in [0.1, 0.15) is 6.26 Å². The number of carbonyl (C=O) groups is 1. The molecule has 0 radical (unpaired) electrons. The molecule has 0 aliphatic rings. The molecule has 0 spiro atoms. The third kappa shape index (κ3) is 4.50. The summed E-state index contributed by atoms with van der Waals surface area (Å²) < 4.78 is 35.5. The first kappa shape index (κ1) is 17.9. The van der Waals surface area contributed by atoms with Crippen LogP contribution in [0.5, 0.6) is 0 Å². The first-order valence-electron chi connectivity index (χ1n) is 5.13. The fourth-order valence-electron chi connectivity index (χ4n) is 1.14. The summed E-state index contributed by atoms with van der Waals surface area (Å²) in [6, 6.07) is 1.10. The number of esters is 1. The summed E-state index contributed by atoms with van der Waals surface area (Å²) >= 11 is 0. The van der Waals surface area contributed by atoms with E-state index in [0.717, 1.165) is 12.3 Å². The molecule has 0 unspecified atom stereocenters. The number of sulfonamides is 1. The van der Waals surface area contributed by atoms with Crippen LogP contribution in [0, 0.1) is 0 Å². The van der Waals surface area contributed by atoms with E-state index in [0.29, 0.717) is 0 Å². The van der Waals surface area contributed by atoms with Crippen LogP contribution >= 0.6 is 12.4 Å². The molecule has 1 aromatic heterocycles. The second-order valence-corrected chi connectivity index (χ2v) is 5.95. The summed E-state index contributed by atoms with van der Waals surface area (Å²) in [5.74, 6) is -0.668. The molecule has 19 heavy (non-hydrogen) atoms. The first-order valence-corrected chi connectivity index (χ1v) is 6.61. The highest BCUT2D eigenvalue weighted by Gasteiger charge is 2.28. The van der Waals surface area contributed by atoms with Gasteiger partial charge in [0.25, 0.3) is 10.0 Å². The van der Waals surface area contributed by atoms with Crippen molar-refractivity contribution in [1.82, 2.24) is 4.72 Å². The summed E-state index contributed by atoms with van der Waals surface area (Å²) in [7, 11) is -2.66. The van der Waals surface area contributed by atoms with E-state index in [4.69, 9.17) is 10.2 Å². The minimum atomic E-state index is -3.86. The minimum Gasteiger partial charge on any atom is -0.465 e. The van der Waals surface area contributed by atoms with E-state index in [9.17, 15) is 13.2 Å². The quantitative estimate of drug-likeness (QED) is 0.766. The Balaban J connectivity index is 0.00000324. The van der Waals surface area contributed by atoms with Gasteiger partial charge in [-0.15, -0.1) is 12.4 Å². The molecule has 0 aromatic carbocycles. The Kier molecular flexibility index (Phi) is 6.01. The maximum absolute atomic E-state index is 11.9. The lowest BCUT2D eigenvalue weighted by molar-refractivity contribution is 0.0600. The van der Waals surface area contributed by atoms with Crippen LogP contribution in [-0.4, -0.2) is 33.6 Å². The third-order valence-electron chi connectivity index (χ3n) is 2.18. The third-order valence-corrected chi connectivity index (χ3v) is 3.75. The number of nitrogens with one attached hydrogen (secondary N) is 1. The van der Waals surface area contributed by atoms with Crippen LogP contribution < -0.4 is 10.5 Å². The Morgan fingerprint density at radius 3 is 2.58 bits per heavy atom. The molecule has 1 rings (SSSR count). The largest absolute Gasteiger partial charge is 0.465 e. The van der Waals surface area contributed by atoms with Gasteiger partial charge >= 0.3 is 5.97 Å². The van der Waals surface area contributed by atoms with E-state index in [1.165, 1.54) is 7.11 Å². The summed E-state index contributed by atoms with van der Waals surface area (Å²) in [5, 5.41) is -0.357. The molecule has 1 heterocycles. The van der Waals surface area contributed by atoms with E-state index in [2.05, 4.69) is 9.46 Å². The molecule has 0 aliphatic heterocycles. The highest BCUT2D eigenvalue weighted by molar-refractivity contribution is 7.89. The zero-order valence-electron chi connectivity index (χ0n) is 10.8. The Labute approximate surface area is 117 Å². The number of hydrogen-bond donors (Lipinski definition) is 2. The van der Waals surface area contributed by atoms with Crippen LogP contribution in [-0.2, 0) is 14.8 Å². The van der Waals surface area contributed by atoms with Gasteiger partial charge < -0.3 is 14.9 Å². The van der Waals surface area contributed by atoms with Crippen molar-refractivity contribution in [2.24, 2.45) is 5.73 Å². The predicted octanol–water partition coefficient (Wildman–Crippen LogP) is 0.504. The SMILES string of the molecule is COC(=O)c1coc(S(=O)(=O)NC(C)(C)CN)c1.Cl. The van der Waals surface area contributed by atoms with Gasteiger partial charge in [0.05, 0.1) is 12.7 Å². The number of rotatable bonds is 5. The summed E-state index contributed by atoms with van der Waals surface area (Å²) in [6.07, 6.45) is 1.02. The van der Waals surface area contributed by atoms with Gasteiger partial charge in [0.15, 0.2) is 0 Å². The van der Waals surface area contributed by atoms with Crippen LogP contribution in [0.2, 0.25) is 0 Å². The zero-order valence-corrected chi connectivity index (χ0v) is 12.4. The van der Waals surface area contributed by atoms with Gasteiger partial charge in [-0.25, -0.2) is 17.9 Å². The number of halogens is 1. The number of carbonyl (C=O) groups excluding carboxylic acids is 1. The van der Waals surface area contributed by atoms with Crippen LogP contribution in [0.15, 0.2) is 21.8 Å². The summed E-state index contributed by atoms with van der Waals surface area (Å²) in [4.78, 5) is 11.2. The molecule has 0 bridgehead atoms. The van der Waals surface area contributed by atoms with Crippen molar-refractivity contribution in [3.8, 4) is 0 Å². The molecule has 0 saturated carbocycles. The van der Waals surface area contributed by atoms with E-state index >= 15 is 0 Å². The lowest BCUT2D eigenvalue weighted by Gasteiger charge is -2.22. The number of furan rings is 1. The molecule has 110 valence electrons. The van der Waals surface area contributed by atoms with Gasteiger partial charge in [-0.2, -0.15) is 0 Å². The van der Waals surface area contributed by atoms with Crippen molar-refractivity contribution in [2.45, 2.75) is 24.5 Å². The normalized spacial score (nSPS) is 11.8. The Bertz CT molecular complexity index is 538. The number of ether oxygens (including phenoxy) is 1. The second kappa shape index (κ2) is 6.38. The summed E-state index contributed by atoms with van der Waals surface area (Å²) in [5.41, 5.74) is 4.66. The van der Waals surface area contributed by atoms with Gasteiger partial charge in [-0.1, -0.05) is 0 Å². The maximum atomic E-state index is 11.9. The minimum absolute atomic E-state index is 0. The van der Waals surface area contributed by atoms with Crippen molar-refractivity contribution in [2.75, 3.05) is 13.7 Å². The average molecular weight is 313 g/mol. The Morgan fingerprint density at radius 2 is 2.11 bits per heavy atom. The van der Waals surface area contributed by atoms with E-state index in [1.807, 2.05) is 0 Å². The smallest absolute Gasteiger partial charge is 0.341 e. The van der Waals surface area contributed by atoms with Crippen molar-refractivity contribution in [1.29, 1.82) is 0 Å². The van der Waals surface area contributed by atoms with Gasteiger partial charge in [0.2, 0.25) is 5.09 Å². The zero-order chi connectivity index (χ0) is 14.0. The van der Waals surface area contributed by atoms with Crippen molar-refractivity contribution in [3.05, 3.63) is 17.9 Å². The van der Waals surface area contributed by atoms with Crippen molar-refractivity contribution < 1.29 is 22.4 Å². The highest BCUT2D eigenvalue weighted by atomic mass is 35.5. The Morgan fingerprint density at radius 1 is 1.53 bits per heavy atom. The van der Waals surface area contributed by atoms with Gasteiger partial charge in [-0.3, -0.25) is 0 Å². The molecule has 0 atom stereocenters. The fourth-order valence-corrected chi connectivity index (χ4v) is 2.51. The molecule has 0 saturated heterocycles. The number of methoxy groups -OCH3 is 1. The molecule has 0 fully saturated rings. The second-order valence-electron chi connectivity index (χ2n) is 4.34. The molecule has 7 nitrogen and oxygen atoms in total. The van der Waals surface area contributed by atoms with Crippen molar-refractivity contribution in [3.63, 3.8) is 0 Å². The molecule has 0 aliphatic carbocycles. The van der Waals surface area contributed by atoms with Gasteiger partial charge in [-0.05, 0) is 13.8 Å². The van der Waals surface area contributed by atoms with E-state index in [-0.39, 0.29) is 29.6 Å². The topological polar surface area (TPSA) is 112 Å². The standard InChI is InChI=1S/C10H16N2O5S.ClH/c1-10(2,6-11)12-18(14,15)8-4-7(5-17-8)9(13)16-3;/h4-5,12H,6,11H2,1-3H3;1H. The molecule has 3 N–H and O–H groups in total. The first-order chi connectivity index (χ1) is 8.22. The lowest BCUT2D eigenvalue weighted by atomic mass is 10.1. The van der Waals surface area contributed by atoms with Crippen LogP contribution in [0.3, 0.4) is 0 Å². The maximum Gasteiger partial charge on any atom is 0.341 e. The molecule has 1 aromatic rings. The highest BCUT2D eigenvalue weighted by Crippen LogP contribution is 2.16. The molecular formula is C10H17ClN2O5S. The summed E-state index contributed by atoms with van der Waals surface area (Å²) in [6.45, 7) is 3.39. The lowest BCUT2D eigenvalue weighted by Crippen LogP contribution is -2.48. The fraction of sp³-hybridized carbons (Fsp3) is 0.500. The molecule has 9 heteroatoms. The number of hydrogen-bond acceptors (Lipinski definition) is 6. The van der Waals surface area contributed by atoms with Gasteiger partial charge in [0, 0.05) is 18.2 Å². The van der Waals surface area contributed by atoms with E-state index < -0.39 is 21.5 Å². The molecular weight excluding hydrogens is 296 g/mol. The van der Waals surface area contributed by atoms with Crippen LogP contribution in [0.4, 0.5) is 0 Å².